The Morgan fingerprint density at radius 3 is 1.34 bits per heavy atom. The van der Waals surface area contributed by atoms with Crippen molar-refractivity contribution in [3.63, 3.8) is 0 Å². The highest BCUT2D eigenvalue weighted by molar-refractivity contribution is 5.91. The van der Waals surface area contributed by atoms with Gasteiger partial charge in [-0.3, -0.25) is 19.2 Å². The minimum absolute atomic E-state index is 0.0268. The molecule has 1 aliphatic carbocycles. The standard InChI is InChI=1S/C36H36O14/c1-5-25(37)19-43-29-15-13-27(17-31(29)44-20-26(38)6-2)49-35(41)23-9-11-24(12-10-23)36(42)50-28-14-16-30(45-21-47-33(39)7-3)32(18-28)46-22-48-34(40)8-4/h5-8,13-18,23-24H,1-4,9-12,19-22H2. The fourth-order valence-corrected chi connectivity index (χ4v) is 4.37. The second kappa shape index (κ2) is 19.6. The molecule has 0 atom stereocenters. The number of esters is 4. The van der Waals surface area contributed by atoms with Crippen LogP contribution in [0.25, 0.3) is 0 Å². The van der Waals surface area contributed by atoms with Crippen molar-refractivity contribution in [2.24, 2.45) is 11.8 Å². The molecule has 1 fully saturated rings. The molecule has 0 spiro atoms. The third-order valence-corrected chi connectivity index (χ3v) is 7.02. The molecular formula is C36H36O14. The number of hydrogen-bond acceptors (Lipinski definition) is 14. The molecule has 50 heavy (non-hydrogen) atoms. The Morgan fingerprint density at radius 2 is 0.920 bits per heavy atom. The molecule has 14 heteroatoms. The third kappa shape index (κ3) is 12.1. The van der Waals surface area contributed by atoms with E-state index in [4.69, 9.17) is 37.9 Å². The highest BCUT2D eigenvalue weighted by Gasteiger charge is 2.32. The molecule has 3 rings (SSSR count). The first kappa shape index (κ1) is 38.3. The van der Waals surface area contributed by atoms with Crippen LogP contribution in [0.4, 0.5) is 0 Å². The largest absolute Gasteiger partial charge is 0.482 e. The highest BCUT2D eigenvalue weighted by atomic mass is 16.7. The zero-order valence-electron chi connectivity index (χ0n) is 27.1. The molecule has 1 saturated carbocycles. The van der Waals surface area contributed by atoms with E-state index in [2.05, 4.69) is 26.3 Å². The Labute approximate surface area is 287 Å². The normalized spacial score (nSPS) is 14.8. The lowest BCUT2D eigenvalue weighted by molar-refractivity contribution is -0.146. The second-order valence-corrected chi connectivity index (χ2v) is 10.4. The molecule has 0 saturated heterocycles. The molecule has 0 aromatic heterocycles. The molecule has 1 aliphatic rings. The smallest absolute Gasteiger partial charge is 0.333 e. The van der Waals surface area contributed by atoms with Crippen molar-refractivity contribution in [1.29, 1.82) is 0 Å². The van der Waals surface area contributed by atoms with E-state index in [0.717, 1.165) is 24.3 Å². The van der Waals surface area contributed by atoms with Gasteiger partial charge in [-0.15, -0.1) is 0 Å². The van der Waals surface area contributed by atoms with E-state index in [0.29, 0.717) is 25.7 Å². The van der Waals surface area contributed by atoms with Crippen LogP contribution < -0.4 is 28.4 Å². The van der Waals surface area contributed by atoms with E-state index in [1.54, 1.807) is 0 Å². The topological polar surface area (TPSA) is 176 Å². The quantitative estimate of drug-likeness (QED) is 0.0826. The molecule has 0 N–H and O–H groups in total. The summed E-state index contributed by atoms with van der Waals surface area (Å²) in [6.45, 7) is 11.7. The Kier molecular flexibility index (Phi) is 15.0. The van der Waals surface area contributed by atoms with E-state index < -0.39 is 55.1 Å². The lowest BCUT2D eigenvalue weighted by Crippen LogP contribution is -2.30. The van der Waals surface area contributed by atoms with E-state index in [1.165, 1.54) is 36.4 Å². The Balaban J connectivity index is 1.59. The Morgan fingerprint density at radius 1 is 0.540 bits per heavy atom. The van der Waals surface area contributed by atoms with Gasteiger partial charge in [0.05, 0.1) is 11.8 Å². The van der Waals surface area contributed by atoms with Gasteiger partial charge in [-0.25, -0.2) is 9.59 Å². The average molecular weight is 693 g/mol. The molecular weight excluding hydrogens is 656 g/mol. The van der Waals surface area contributed by atoms with Gasteiger partial charge in [-0.1, -0.05) is 26.3 Å². The van der Waals surface area contributed by atoms with E-state index in [-0.39, 0.29) is 53.5 Å². The van der Waals surface area contributed by atoms with Crippen LogP contribution in [0.3, 0.4) is 0 Å². The van der Waals surface area contributed by atoms with Crippen LogP contribution in [0.5, 0.6) is 34.5 Å². The average Bonchev–Trinajstić information content (AvgIpc) is 3.13. The van der Waals surface area contributed by atoms with Gasteiger partial charge in [0, 0.05) is 24.3 Å². The Hall–Kier alpha value is -6.18. The molecule has 2 aromatic carbocycles. The fraction of sp³-hybridized carbons (Fsp3) is 0.278. The monoisotopic (exact) mass is 692 g/mol. The minimum atomic E-state index is -0.730. The van der Waals surface area contributed by atoms with Crippen LogP contribution in [0.15, 0.2) is 87.0 Å². The Bertz CT molecular complexity index is 1620. The number of carbonyl (C=O) groups is 6. The summed E-state index contributed by atoms with van der Waals surface area (Å²) in [6, 6.07) is 8.47. The van der Waals surface area contributed by atoms with Gasteiger partial charge < -0.3 is 37.9 Å². The van der Waals surface area contributed by atoms with E-state index >= 15 is 0 Å². The minimum Gasteiger partial charge on any atom is -0.482 e. The summed E-state index contributed by atoms with van der Waals surface area (Å²) < 4.78 is 42.6. The number of hydrogen-bond donors (Lipinski definition) is 0. The van der Waals surface area contributed by atoms with E-state index in [1.807, 2.05) is 0 Å². The summed E-state index contributed by atoms with van der Waals surface area (Å²) in [4.78, 5) is 72.1. The fourth-order valence-electron chi connectivity index (χ4n) is 4.37. The van der Waals surface area contributed by atoms with Gasteiger partial charge in [0.25, 0.3) is 0 Å². The van der Waals surface area contributed by atoms with Gasteiger partial charge >= 0.3 is 23.9 Å². The van der Waals surface area contributed by atoms with Crippen molar-refractivity contribution in [3.8, 4) is 34.5 Å². The first-order valence-electron chi connectivity index (χ1n) is 15.2. The summed E-state index contributed by atoms with van der Waals surface area (Å²) >= 11 is 0. The van der Waals surface area contributed by atoms with Crippen molar-refractivity contribution >= 4 is 35.4 Å². The van der Waals surface area contributed by atoms with Crippen LogP contribution in [0.1, 0.15) is 25.7 Å². The van der Waals surface area contributed by atoms with Crippen molar-refractivity contribution in [1.82, 2.24) is 0 Å². The molecule has 14 nitrogen and oxygen atoms in total. The van der Waals surface area contributed by atoms with Crippen molar-refractivity contribution in [2.75, 3.05) is 26.8 Å². The van der Waals surface area contributed by atoms with Crippen LogP contribution in [-0.4, -0.2) is 62.2 Å². The number of rotatable bonds is 20. The first-order valence-corrected chi connectivity index (χ1v) is 15.2. The maximum Gasteiger partial charge on any atom is 0.333 e. The van der Waals surface area contributed by atoms with Gasteiger partial charge in [0.2, 0.25) is 13.6 Å². The molecule has 0 bridgehead atoms. The number of benzene rings is 2. The molecule has 2 aromatic rings. The molecule has 0 aliphatic heterocycles. The molecule has 0 amide bonds. The predicted octanol–water partition coefficient (Wildman–Crippen LogP) is 4.40. The van der Waals surface area contributed by atoms with Crippen molar-refractivity contribution < 1.29 is 66.7 Å². The summed E-state index contributed by atoms with van der Waals surface area (Å²) in [5.41, 5.74) is 0. The number of ether oxygens (including phenoxy) is 8. The molecule has 0 unspecified atom stereocenters. The lowest BCUT2D eigenvalue weighted by atomic mass is 9.82. The zero-order valence-corrected chi connectivity index (χ0v) is 27.1. The van der Waals surface area contributed by atoms with Gasteiger partial charge in [-0.2, -0.15) is 0 Å². The van der Waals surface area contributed by atoms with Crippen LogP contribution in [-0.2, 0) is 38.2 Å². The maximum absolute atomic E-state index is 13.0. The second-order valence-electron chi connectivity index (χ2n) is 10.4. The van der Waals surface area contributed by atoms with Gasteiger partial charge in [0.15, 0.2) is 47.8 Å². The maximum atomic E-state index is 13.0. The van der Waals surface area contributed by atoms with E-state index in [9.17, 15) is 28.8 Å². The third-order valence-electron chi connectivity index (χ3n) is 7.02. The SMILES string of the molecule is C=CC(=O)COc1ccc(OC(=O)C2CCC(C(=O)Oc3ccc(OCOC(=O)C=C)c(OCOC(=O)C=C)c3)CC2)cc1OCC(=O)C=C. The summed E-state index contributed by atoms with van der Waals surface area (Å²) in [6.07, 6.45) is 5.50. The number of ketones is 2. The first-order chi connectivity index (χ1) is 24.1. The van der Waals surface area contributed by atoms with Crippen molar-refractivity contribution in [2.45, 2.75) is 25.7 Å². The molecule has 0 radical (unpaired) electrons. The molecule has 0 heterocycles. The summed E-state index contributed by atoms with van der Waals surface area (Å²) in [5, 5.41) is 0. The van der Waals surface area contributed by atoms with Gasteiger partial charge in [-0.05, 0) is 62.1 Å². The highest BCUT2D eigenvalue weighted by Crippen LogP contribution is 2.36. The number of carbonyl (C=O) groups excluding carboxylic acids is 6. The summed E-state index contributed by atoms with van der Waals surface area (Å²) in [7, 11) is 0. The van der Waals surface area contributed by atoms with Crippen LogP contribution >= 0.6 is 0 Å². The van der Waals surface area contributed by atoms with Gasteiger partial charge in [0.1, 0.15) is 11.5 Å². The van der Waals surface area contributed by atoms with Crippen molar-refractivity contribution in [3.05, 3.63) is 87.0 Å². The van der Waals surface area contributed by atoms with Crippen LogP contribution in [0, 0.1) is 11.8 Å². The predicted molar refractivity (Wildman–Crippen MR) is 175 cm³/mol. The zero-order chi connectivity index (χ0) is 36.5. The molecule has 264 valence electrons. The summed E-state index contributed by atoms with van der Waals surface area (Å²) in [5.74, 6) is -3.68. The lowest BCUT2D eigenvalue weighted by Gasteiger charge is -2.26. The van der Waals surface area contributed by atoms with Crippen LogP contribution in [0.2, 0.25) is 0 Å².